The molecule has 7 heteroatoms. The van der Waals surface area contributed by atoms with Crippen molar-refractivity contribution in [1.82, 2.24) is 4.90 Å². The van der Waals surface area contributed by atoms with E-state index in [9.17, 15) is 18.7 Å². The number of carbonyl (C=O) groups is 1. The molecule has 0 bridgehead atoms. The largest absolute Gasteiger partial charge is 0.394 e. The molecule has 1 saturated heterocycles. The topological polar surface area (TPSA) is 66.6 Å². The van der Waals surface area contributed by atoms with Gasteiger partial charge in [0, 0.05) is 18.5 Å². The number of hydrogen-bond acceptors (Lipinski definition) is 3. The van der Waals surface area contributed by atoms with Crippen LogP contribution in [-0.2, 0) is 4.79 Å². The van der Waals surface area contributed by atoms with E-state index in [1.54, 1.807) is 0 Å². The number of nitrogens with zero attached hydrogens (tertiary/aromatic N) is 1. The molecule has 1 aromatic rings. The SMILES string of the molecule is NC(=O)C1CC(F)CN1[C@@H](CO)c1cccc(Cl)c1F. The van der Waals surface area contributed by atoms with Crippen molar-refractivity contribution in [1.29, 1.82) is 0 Å². The van der Waals surface area contributed by atoms with Crippen molar-refractivity contribution in [2.75, 3.05) is 13.2 Å². The number of nitrogens with two attached hydrogens (primary N) is 1. The summed E-state index contributed by atoms with van der Waals surface area (Å²) in [7, 11) is 0. The first-order chi connectivity index (χ1) is 9.45. The Kier molecular flexibility index (Phi) is 4.57. The van der Waals surface area contributed by atoms with Gasteiger partial charge in [0.25, 0.3) is 0 Å². The van der Waals surface area contributed by atoms with E-state index in [-0.39, 0.29) is 23.6 Å². The lowest BCUT2D eigenvalue weighted by molar-refractivity contribution is -0.123. The minimum Gasteiger partial charge on any atom is -0.394 e. The smallest absolute Gasteiger partial charge is 0.234 e. The van der Waals surface area contributed by atoms with Crippen LogP contribution < -0.4 is 5.73 Å². The third-order valence-electron chi connectivity index (χ3n) is 3.53. The highest BCUT2D eigenvalue weighted by atomic mass is 35.5. The van der Waals surface area contributed by atoms with Crippen LogP contribution in [0.25, 0.3) is 0 Å². The van der Waals surface area contributed by atoms with E-state index in [1.165, 1.54) is 23.1 Å². The van der Waals surface area contributed by atoms with E-state index in [2.05, 4.69) is 0 Å². The number of halogens is 3. The molecule has 4 nitrogen and oxygen atoms in total. The van der Waals surface area contributed by atoms with Crippen LogP contribution in [-0.4, -0.2) is 41.3 Å². The summed E-state index contributed by atoms with van der Waals surface area (Å²) in [6, 6.07) is 2.65. The van der Waals surface area contributed by atoms with Crippen molar-refractivity contribution in [3.63, 3.8) is 0 Å². The van der Waals surface area contributed by atoms with E-state index < -0.39 is 36.6 Å². The number of hydrogen-bond donors (Lipinski definition) is 2. The number of aliphatic hydroxyl groups is 1. The predicted molar refractivity (Wildman–Crippen MR) is 70.4 cm³/mol. The second kappa shape index (κ2) is 6.03. The zero-order valence-corrected chi connectivity index (χ0v) is 11.4. The van der Waals surface area contributed by atoms with Crippen molar-refractivity contribution in [3.8, 4) is 0 Å². The van der Waals surface area contributed by atoms with E-state index in [4.69, 9.17) is 17.3 Å². The molecular formula is C13H15ClF2N2O2. The maximum atomic E-state index is 14.0. The Balaban J connectivity index is 2.36. The van der Waals surface area contributed by atoms with Crippen LogP contribution in [0.5, 0.6) is 0 Å². The van der Waals surface area contributed by atoms with Crippen LogP contribution in [0, 0.1) is 5.82 Å². The predicted octanol–water partition coefficient (Wildman–Crippen LogP) is 1.41. The van der Waals surface area contributed by atoms with Gasteiger partial charge in [0.1, 0.15) is 12.0 Å². The van der Waals surface area contributed by atoms with Crippen molar-refractivity contribution >= 4 is 17.5 Å². The van der Waals surface area contributed by atoms with Crippen LogP contribution in [0.4, 0.5) is 8.78 Å². The molecule has 0 radical (unpaired) electrons. The van der Waals surface area contributed by atoms with Crippen LogP contribution >= 0.6 is 11.6 Å². The molecule has 3 atom stereocenters. The van der Waals surface area contributed by atoms with Crippen molar-refractivity contribution < 1.29 is 18.7 Å². The van der Waals surface area contributed by atoms with Crippen LogP contribution in [0.15, 0.2) is 18.2 Å². The Bertz CT molecular complexity index is 515. The molecule has 0 aromatic heterocycles. The highest BCUT2D eigenvalue weighted by Gasteiger charge is 2.40. The Morgan fingerprint density at radius 3 is 2.90 bits per heavy atom. The third-order valence-corrected chi connectivity index (χ3v) is 3.82. The minimum atomic E-state index is -1.23. The van der Waals surface area contributed by atoms with E-state index >= 15 is 0 Å². The van der Waals surface area contributed by atoms with Crippen molar-refractivity contribution in [2.45, 2.75) is 24.7 Å². The zero-order chi connectivity index (χ0) is 14.9. The van der Waals surface area contributed by atoms with Crippen LogP contribution in [0.2, 0.25) is 5.02 Å². The summed E-state index contributed by atoms with van der Waals surface area (Å²) in [5.41, 5.74) is 5.37. The number of alkyl halides is 1. The lowest BCUT2D eigenvalue weighted by Crippen LogP contribution is -2.43. The average molecular weight is 305 g/mol. The number of likely N-dealkylation sites (tertiary alicyclic amines) is 1. The van der Waals surface area contributed by atoms with Crippen molar-refractivity contribution in [2.24, 2.45) is 5.73 Å². The third kappa shape index (κ3) is 2.77. The fourth-order valence-corrected chi connectivity index (χ4v) is 2.77. The van der Waals surface area contributed by atoms with Gasteiger partial charge in [-0.05, 0) is 6.07 Å². The summed E-state index contributed by atoms with van der Waals surface area (Å²) in [4.78, 5) is 12.8. The second-order valence-electron chi connectivity index (χ2n) is 4.79. The average Bonchev–Trinajstić information content (AvgIpc) is 2.77. The molecule has 1 amide bonds. The molecule has 1 aliphatic rings. The molecule has 1 aromatic carbocycles. The van der Waals surface area contributed by atoms with Gasteiger partial charge in [-0.25, -0.2) is 8.78 Å². The van der Waals surface area contributed by atoms with Gasteiger partial charge in [-0.15, -0.1) is 0 Å². The monoisotopic (exact) mass is 304 g/mol. The molecule has 0 spiro atoms. The lowest BCUT2D eigenvalue weighted by Gasteiger charge is -2.30. The van der Waals surface area contributed by atoms with Gasteiger partial charge in [0.05, 0.1) is 23.7 Å². The van der Waals surface area contributed by atoms with E-state index in [1.807, 2.05) is 0 Å². The normalized spacial score (nSPS) is 24.8. The Hall–Kier alpha value is -1.24. The Morgan fingerprint density at radius 1 is 1.60 bits per heavy atom. The molecule has 1 aliphatic heterocycles. The summed E-state index contributed by atoms with van der Waals surface area (Å²) < 4.78 is 27.6. The molecule has 3 N–H and O–H groups in total. The van der Waals surface area contributed by atoms with Crippen LogP contribution in [0.3, 0.4) is 0 Å². The summed E-state index contributed by atoms with van der Waals surface area (Å²) >= 11 is 5.71. The first-order valence-corrected chi connectivity index (χ1v) is 6.57. The number of carbonyl (C=O) groups excluding carboxylic acids is 1. The lowest BCUT2D eigenvalue weighted by atomic mass is 10.0. The molecule has 2 unspecified atom stereocenters. The molecule has 110 valence electrons. The van der Waals surface area contributed by atoms with Gasteiger partial charge >= 0.3 is 0 Å². The highest BCUT2D eigenvalue weighted by molar-refractivity contribution is 6.30. The molecule has 20 heavy (non-hydrogen) atoms. The first kappa shape index (κ1) is 15.2. The van der Waals surface area contributed by atoms with Gasteiger partial charge in [0.15, 0.2) is 0 Å². The fourth-order valence-electron chi connectivity index (χ4n) is 2.59. The van der Waals surface area contributed by atoms with Gasteiger partial charge in [-0.2, -0.15) is 0 Å². The number of aliphatic hydroxyl groups excluding tert-OH is 1. The maximum absolute atomic E-state index is 14.0. The standard InChI is InChI=1S/C13H15ClF2N2O2/c14-9-3-1-2-8(12(9)16)11(6-19)18-5-7(15)4-10(18)13(17)20/h1-3,7,10-11,19H,4-6H2,(H2,17,20)/t7?,10?,11-/m0/s1. The summed E-state index contributed by atoms with van der Waals surface area (Å²) in [5, 5.41) is 9.42. The fraction of sp³-hybridized carbons (Fsp3) is 0.462. The van der Waals surface area contributed by atoms with Gasteiger partial charge in [-0.3, -0.25) is 9.69 Å². The molecule has 0 saturated carbocycles. The number of rotatable bonds is 4. The van der Waals surface area contributed by atoms with Crippen molar-refractivity contribution in [3.05, 3.63) is 34.6 Å². The molecule has 0 aliphatic carbocycles. The Morgan fingerprint density at radius 2 is 2.30 bits per heavy atom. The Labute approximate surface area is 120 Å². The summed E-state index contributed by atoms with van der Waals surface area (Å²) in [6.45, 7) is -0.543. The van der Waals surface area contributed by atoms with Gasteiger partial charge in [-0.1, -0.05) is 23.7 Å². The summed E-state index contributed by atoms with van der Waals surface area (Å²) in [6.07, 6.45) is -1.28. The zero-order valence-electron chi connectivity index (χ0n) is 10.6. The highest BCUT2D eigenvalue weighted by Crippen LogP contribution is 2.33. The summed E-state index contributed by atoms with van der Waals surface area (Å²) in [5.74, 6) is -1.37. The molecule has 2 rings (SSSR count). The molecule has 1 heterocycles. The second-order valence-corrected chi connectivity index (χ2v) is 5.20. The maximum Gasteiger partial charge on any atom is 0.234 e. The number of primary amides is 1. The molecule has 1 fully saturated rings. The number of benzene rings is 1. The minimum absolute atomic E-state index is 0.0476. The quantitative estimate of drug-likeness (QED) is 0.884. The van der Waals surface area contributed by atoms with E-state index in [0.29, 0.717) is 0 Å². The van der Waals surface area contributed by atoms with Gasteiger partial charge in [0.2, 0.25) is 5.91 Å². The van der Waals surface area contributed by atoms with Crippen LogP contribution in [0.1, 0.15) is 18.0 Å². The number of amides is 1. The van der Waals surface area contributed by atoms with E-state index in [0.717, 1.165) is 0 Å². The first-order valence-electron chi connectivity index (χ1n) is 6.19. The molecular weight excluding hydrogens is 290 g/mol. The van der Waals surface area contributed by atoms with Gasteiger partial charge < -0.3 is 10.8 Å².